The fourth-order valence-electron chi connectivity index (χ4n) is 2.30. The minimum absolute atomic E-state index is 0.395. The summed E-state index contributed by atoms with van der Waals surface area (Å²) in [5.41, 5.74) is 6.83. The van der Waals surface area contributed by atoms with Crippen molar-refractivity contribution in [3.63, 3.8) is 0 Å². The van der Waals surface area contributed by atoms with Crippen LogP contribution in [0.2, 0.25) is 0 Å². The maximum atomic E-state index is 5.90. The molecule has 1 unspecified atom stereocenters. The second-order valence-electron chi connectivity index (χ2n) is 5.06. The summed E-state index contributed by atoms with van der Waals surface area (Å²) in [6.07, 6.45) is 5.86. The van der Waals surface area contributed by atoms with E-state index in [1.165, 1.54) is 19.3 Å². The third-order valence-electron chi connectivity index (χ3n) is 3.58. The molecule has 1 aromatic heterocycles. The van der Waals surface area contributed by atoms with Crippen LogP contribution in [-0.2, 0) is 11.2 Å². The van der Waals surface area contributed by atoms with Gasteiger partial charge in [0.25, 0.3) is 0 Å². The SMILES string of the molecule is CCc1nc(N)c(C)c(NCCC2CCCCO2)n1. The van der Waals surface area contributed by atoms with Crippen LogP contribution in [0.1, 0.15) is 44.0 Å². The van der Waals surface area contributed by atoms with E-state index in [-0.39, 0.29) is 0 Å². The predicted molar refractivity (Wildman–Crippen MR) is 77.3 cm³/mol. The average molecular weight is 264 g/mol. The van der Waals surface area contributed by atoms with Crippen molar-refractivity contribution < 1.29 is 4.74 Å². The molecule has 5 nitrogen and oxygen atoms in total. The number of hydrogen-bond donors (Lipinski definition) is 2. The number of ether oxygens (including phenoxy) is 1. The van der Waals surface area contributed by atoms with Crippen molar-refractivity contribution in [2.45, 2.75) is 52.1 Å². The van der Waals surface area contributed by atoms with Gasteiger partial charge in [-0.3, -0.25) is 0 Å². The Kier molecular flexibility index (Phi) is 4.96. The van der Waals surface area contributed by atoms with Gasteiger partial charge in [0.15, 0.2) is 0 Å². The molecule has 5 heteroatoms. The van der Waals surface area contributed by atoms with E-state index in [2.05, 4.69) is 15.3 Å². The minimum atomic E-state index is 0.395. The van der Waals surface area contributed by atoms with Gasteiger partial charge in [-0.25, -0.2) is 9.97 Å². The first-order chi connectivity index (χ1) is 9.20. The molecule has 1 atom stereocenters. The van der Waals surface area contributed by atoms with Crippen molar-refractivity contribution in [1.82, 2.24) is 9.97 Å². The lowest BCUT2D eigenvalue weighted by Gasteiger charge is -2.22. The van der Waals surface area contributed by atoms with Gasteiger partial charge >= 0.3 is 0 Å². The van der Waals surface area contributed by atoms with E-state index < -0.39 is 0 Å². The first-order valence-corrected chi connectivity index (χ1v) is 7.19. The fourth-order valence-corrected chi connectivity index (χ4v) is 2.30. The Bertz CT molecular complexity index is 416. The molecule has 0 aromatic carbocycles. The van der Waals surface area contributed by atoms with Crippen molar-refractivity contribution in [3.8, 4) is 0 Å². The van der Waals surface area contributed by atoms with Gasteiger partial charge in [-0.05, 0) is 32.6 Å². The van der Waals surface area contributed by atoms with Crippen molar-refractivity contribution in [3.05, 3.63) is 11.4 Å². The summed E-state index contributed by atoms with van der Waals surface area (Å²) in [5.74, 6) is 2.22. The standard InChI is InChI=1S/C14H24N4O/c1-3-12-17-13(15)10(2)14(18-12)16-8-7-11-6-4-5-9-19-11/h11H,3-9H2,1-2H3,(H3,15,16,17,18). The van der Waals surface area contributed by atoms with Gasteiger partial charge in [-0.15, -0.1) is 0 Å². The van der Waals surface area contributed by atoms with Crippen LogP contribution in [0.5, 0.6) is 0 Å². The van der Waals surface area contributed by atoms with Gasteiger partial charge in [0.1, 0.15) is 17.5 Å². The van der Waals surface area contributed by atoms with Crippen molar-refractivity contribution in [2.75, 3.05) is 24.2 Å². The largest absolute Gasteiger partial charge is 0.383 e. The molecule has 0 bridgehead atoms. The number of rotatable bonds is 5. The first-order valence-electron chi connectivity index (χ1n) is 7.19. The van der Waals surface area contributed by atoms with Crippen LogP contribution in [0.4, 0.5) is 11.6 Å². The van der Waals surface area contributed by atoms with Gasteiger partial charge in [-0.1, -0.05) is 6.92 Å². The lowest BCUT2D eigenvalue weighted by molar-refractivity contribution is 0.0134. The molecule has 19 heavy (non-hydrogen) atoms. The van der Waals surface area contributed by atoms with Gasteiger partial charge < -0.3 is 15.8 Å². The van der Waals surface area contributed by atoms with Crippen LogP contribution in [0, 0.1) is 6.92 Å². The Morgan fingerprint density at radius 1 is 1.37 bits per heavy atom. The molecule has 1 aliphatic heterocycles. The lowest BCUT2D eigenvalue weighted by Crippen LogP contribution is -2.22. The van der Waals surface area contributed by atoms with Crippen LogP contribution < -0.4 is 11.1 Å². The van der Waals surface area contributed by atoms with E-state index in [0.717, 1.165) is 43.2 Å². The smallest absolute Gasteiger partial charge is 0.134 e. The molecule has 0 amide bonds. The molecule has 1 saturated heterocycles. The van der Waals surface area contributed by atoms with Gasteiger partial charge in [-0.2, -0.15) is 0 Å². The maximum absolute atomic E-state index is 5.90. The van der Waals surface area contributed by atoms with Crippen LogP contribution >= 0.6 is 0 Å². The highest BCUT2D eigenvalue weighted by Crippen LogP contribution is 2.19. The maximum Gasteiger partial charge on any atom is 0.134 e. The van der Waals surface area contributed by atoms with E-state index in [1.54, 1.807) is 0 Å². The van der Waals surface area contributed by atoms with Gasteiger partial charge in [0.2, 0.25) is 0 Å². The zero-order valence-corrected chi connectivity index (χ0v) is 11.9. The Hall–Kier alpha value is -1.36. The molecule has 0 spiro atoms. The molecule has 0 aliphatic carbocycles. The summed E-state index contributed by atoms with van der Waals surface area (Å²) in [5, 5.41) is 3.36. The lowest BCUT2D eigenvalue weighted by atomic mass is 10.1. The molecule has 2 heterocycles. The monoisotopic (exact) mass is 264 g/mol. The topological polar surface area (TPSA) is 73.1 Å². The molecule has 3 N–H and O–H groups in total. The van der Waals surface area contributed by atoms with Gasteiger partial charge in [0.05, 0.1) is 6.10 Å². The third kappa shape index (κ3) is 3.80. The number of nitrogens with zero attached hydrogens (tertiary/aromatic N) is 2. The zero-order valence-electron chi connectivity index (χ0n) is 11.9. The molecule has 106 valence electrons. The molecule has 2 rings (SSSR count). The fraction of sp³-hybridized carbons (Fsp3) is 0.714. The third-order valence-corrected chi connectivity index (χ3v) is 3.58. The van der Waals surface area contributed by atoms with E-state index in [0.29, 0.717) is 11.9 Å². The molecule has 0 saturated carbocycles. The second kappa shape index (κ2) is 6.70. The quantitative estimate of drug-likeness (QED) is 0.853. The summed E-state index contributed by atoms with van der Waals surface area (Å²) >= 11 is 0. The molecule has 1 fully saturated rings. The van der Waals surface area contributed by atoms with Gasteiger partial charge in [0, 0.05) is 25.1 Å². The molecule has 0 radical (unpaired) electrons. The summed E-state index contributed by atoms with van der Waals surface area (Å²) < 4.78 is 5.72. The summed E-state index contributed by atoms with van der Waals surface area (Å²) in [6, 6.07) is 0. The number of hydrogen-bond acceptors (Lipinski definition) is 5. The number of nitrogen functional groups attached to an aromatic ring is 1. The summed E-state index contributed by atoms with van der Waals surface area (Å²) in [6.45, 7) is 5.76. The Labute approximate surface area is 115 Å². The van der Waals surface area contributed by atoms with Crippen molar-refractivity contribution in [2.24, 2.45) is 0 Å². The molecular weight excluding hydrogens is 240 g/mol. The number of nitrogens with two attached hydrogens (primary N) is 1. The first kappa shape index (κ1) is 14.1. The average Bonchev–Trinajstić information content (AvgIpc) is 2.44. The molecule has 1 aliphatic rings. The van der Waals surface area contributed by atoms with E-state index in [1.807, 2.05) is 13.8 Å². The summed E-state index contributed by atoms with van der Waals surface area (Å²) in [7, 11) is 0. The Balaban J connectivity index is 1.89. The van der Waals surface area contributed by atoms with E-state index in [4.69, 9.17) is 10.5 Å². The second-order valence-corrected chi connectivity index (χ2v) is 5.06. The highest BCUT2D eigenvalue weighted by atomic mass is 16.5. The zero-order chi connectivity index (χ0) is 13.7. The van der Waals surface area contributed by atoms with Crippen LogP contribution in [0.25, 0.3) is 0 Å². The number of aromatic nitrogens is 2. The Morgan fingerprint density at radius 3 is 2.89 bits per heavy atom. The minimum Gasteiger partial charge on any atom is -0.383 e. The normalized spacial score (nSPS) is 19.4. The predicted octanol–water partition coefficient (Wildman–Crippen LogP) is 2.30. The van der Waals surface area contributed by atoms with Crippen LogP contribution in [0.15, 0.2) is 0 Å². The number of anilines is 2. The molecular formula is C14H24N4O. The van der Waals surface area contributed by atoms with Crippen molar-refractivity contribution >= 4 is 11.6 Å². The Morgan fingerprint density at radius 2 is 2.21 bits per heavy atom. The van der Waals surface area contributed by atoms with E-state index >= 15 is 0 Å². The molecule has 1 aromatic rings. The number of nitrogens with one attached hydrogen (secondary N) is 1. The van der Waals surface area contributed by atoms with E-state index in [9.17, 15) is 0 Å². The number of aryl methyl sites for hydroxylation is 1. The van der Waals surface area contributed by atoms with Crippen molar-refractivity contribution in [1.29, 1.82) is 0 Å². The highest BCUT2D eigenvalue weighted by molar-refractivity contribution is 5.54. The summed E-state index contributed by atoms with van der Waals surface area (Å²) in [4.78, 5) is 8.74. The highest BCUT2D eigenvalue weighted by Gasteiger charge is 2.14. The van der Waals surface area contributed by atoms with Crippen LogP contribution in [0.3, 0.4) is 0 Å². The van der Waals surface area contributed by atoms with Crippen LogP contribution in [-0.4, -0.2) is 29.2 Å².